The van der Waals surface area contributed by atoms with Gasteiger partial charge in [0.05, 0.1) is 5.52 Å². The normalized spacial score (nSPS) is 11.2. The summed E-state index contributed by atoms with van der Waals surface area (Å²) >= 11 is 5.89. The van der Waals surface area contributed by atoms with Gasteiger partial charge in [-0.2, -0.15) is 0 Å². The van der Waals surface area contributed by atoms with Crippen molar-refractivity contribution in [2.45, 2.75) is 13.3 Å². The van der Waals surface area contributed by atoms with Gasteiger partial charge in [-0.3, -0.25) is 0 Å². The predicted molar refractivity (Wildman–Crippen MR) is 67.8 cm³/mol. The molecule has 0 spiro atoms. The Hall–Kier alpha value is -2.01. The summed E-state index contributed by atoms with van der Waals surface area (Å²) < 4.78 is 5.02. The maximum absolute atomic E-state index is 11.7. The molecule has 2 heterocycles. The zero-order valence-electron chi connectivity index (χ0n) is 9.48. The van der Waals surface area contributed by atoms with Crippen molar-refractivity contribution in [1.29, 1.82) is 0 Å². The Bertz CT molecular complexity index is 813. The van der Waals surface area contributed by atoms with Crippen molar-refractivity contribution in [2.24, 2.45) is 0 Å². The Labute approximate surface area is 106 Å². The number of nitrogens with zero attached hydrogens (tertiary/aromatic N) is 3. The minimum Gasteiger partial charge on any atom is -0.407 e. The van der Waals surface area contributed by atoms with Crippen molar-refractivity contribution in [1.82, 2.24) is 15.2 Å². The summed E-state index contributed by atoms with van der Waals surface area (Å²) in [4.78, 5) is 16.0. The van der Waals surface area contributed by atoms with Crippen LogP contribution in [-0.4, -0.2) is 15.2 Å². The molecule has 90 valence electrons. The summed E-state index contributed by atoms with van der Waals surface area (Å²) in [6.45, 7) is 1.87. The third-order valence-electron chi connectivity index (χ3n) is 2.64. The lowest BCUT2D eigenvalue weighted by molar-refractivity contribution is 0.448. The molecule has 0 atom stereocenters. The van der Waals surface area contributed by atoms with E-state index in [4.69, 9.17) is 16.0 Å². The lowest BCUT2D eigenvalue weighted by Crippen LogP contribution is -2.07. The fourth-order valence-electron chi connectivity index (χ4n) is 1.77. The largest absolute Gasteiger partial charge is 0.407 e. The fraction of sp³-hybridized carbons (Fsp3) is 0.167. The Morgan fingerprint density at radius 1 is 1.28 bits per heavy atom. The molecule has 3 rings (SSSR count). The molecular weight excluding hydrogens is 254 g/mol. The van der Waals surface area contributed by atoms with E-state index in [2.05, 4.69) is 15.2 Å². The lowest BCUT2D eigenvalue weighted by atomic mass is 10.2. The van der Waals surface area contributed by atoms with Crippen molar-refractivity contribution in [3.8, 4) is 0 Å². The first-order valence-corrected chi connectivity index (χ1v) is 5.82. The molecule has 0 aliphatic rings. The number of benzene rings is 1. The average Bonchev–Trinajstić information content (AvgIpc) is 2.37. The Balaban J connectivity index is 2.52. The first-order chi connectivity index (χ1) is 8.69. The summed E-state index contributed by atoms with van der Waals surface area (Å²) in [6, 6.07) is 5.19. The summed E-state index contributed by atoms with van der Waals surface area (Å²) in [5.41, 5.74) is 0.739. The quantitative estimate of drug-likeness (QED) is 0.629. The highest BCUT2D eigenvalue weighted by atomic mass is 35.5. The van der Waals surface area contributed by atoms with Crippen LogP contribution in [0, 0.1) is 0 Å². The van der Waals surface area contributed by atoms with E-state index >= 15 is 0 Å². The van der Waals surface area contributed by atoms with Gasteiger partial charge in [-0.15, -0.1) is 10.2 Å². The van der Waals surface area contributed by atoms with Crippen molar-refractivity contribution in [3.63, 3.8) is 0 Å². The van der Waals surface area contributed by atoms with Crippen molar-refractivity contribution in [3.05, 3.63) is 39.5 Å². The maximum Gasteiger partial charge on any atom is 0.367 e. The van der Waals surface area contributed by atoms with Gasteiger partial charge in [0.1, 0.15) is 5.52 Å². The third kappa shape index (κ3) is 1.64. The smallest absolute Gasteiger partial charge is 0.367 e. The van der Waals surface area contributed by atoms with Gasteiger partial charge < -0.3 is 4.42 Å². The van der Waals surface area contributed by atoms with Gasteiger partial charge in [0.25, 0.3) is 0 Å². The van der Waals surface area contributed by atoms with E-state index in [1.807, 2.05) is 6.92 Å². The zero-order valence-corrected chi connectivity index (χ0v) is 10.2. The standard InChI is InChI=1S/C12H8ClN3O2/c1-2-9-14-10-7-4-3-6(13)5-8(7)15-16-11(10)12(17)18-9/h3-5H,2H2,1H3. The molecule has 1 aromatic carbocycles. The molecule has 5 nitrogen and oxygen atoms in total. The van der Waals surface area contributed by atoms with E-state index in [1.165, 1.54) is 0 Å². The topological polar surface area (TPSA) is 68.9 Å². The Morgan fingerprint density at radius 3 is 2.89 bits per heavy atom. The number of hydrogen-bond acceptors (Lipinski definition) is 5. The molecule has 3 aromatic rings. The minimum absolute atomic E-state index is 0.141. The van der Waals surface area contributed by atoms with Gasteiger partial charge in [0, 0.05) is 16.8 Å². The van der Waals surface area contributed by atoms with Gasteiger partial charge in [-0.25, -0.2) is 9.78 Å². The van der Waals surface area contributed by atoms with E-state index in [0.29, 0.717) is 28.4 Å². The number of aryl methyl sites for hydroxylation is 1. The van der Waals surface area contributed by atoms with E-state index in [9.17, 15) is 4.79 Å². The summed E-state index contributed by atoms with van der Waals surface area (Å²) in [7, 11) is 0. The monoisotopic (exact) mass is 261 g/mol. The molecule has 18 heavy (non-hydrogen) atoms. The zero-order chi connectivity index (χ0) is 12.7. The minimum atomic E-state index is -0.513. The Kier molecular flexibility index (Phi) is 2.48. The number of rotatable bonds is 1. The molecule has 6 heteroatoms. The van der Waals surface area contributed by atoms with Gasteiger partial charge in [0.2, 0.25) is 0 Å². The number of hydrogen-bond donors (Lipinski definition) is 0. The van der Waals surface area contributed by atoms with Crippen LogP contribution in [0.15, 0.2) is 27.4 Å². The molecular formula is C12H8ClN3O2. The van der Waals surface area contributed by atoms with Crippen LogP contribution in [0.5, 0.6) is 0 Å². The number of halogens is 1. The SMILES string of the molecule is CCc1nc2c(nnc3cc(Cl)ccc32)c(=O)o1. The number of fused-ring (bicyclic) bond motifs is 3. The van der Waals surface area contributed by atoms with Crippen LogP contribution in [-0.2, 0) is 6.42 Å². The highest BCUT2D eigenvalue weighted by molar-refractivity contribution is 6.31. The molecule has 0 aliphatic carbocycles. The van der Waals surface area contributed by atoms with Crippen LogP contribution in [0.3, 0.4) is 0 Å². The van der Waals surface area contributed by atoms with E-state index in [1.54, 1.807) is 18.2 Å². The fourth-order valence-corrected chi connectivity index (χ4v) is 1.94. The van der Waals surface area contributed by atoms with Crippen LogP contribution >= 0.6 is 11.6 Å². The highest BCUT2D eigenvalue weighted by Gasteiger charge is 2.11. The second kappa shape index (κ2) is 4.03. The highest BCUT2D eigenvalue weighted by Crippen LogP contribution is 2.21. The van der Waals surface area contributed by atoms with Gasteiger partial charge in [-0.1, -0.05) is 18.5 Å². The molecule has 0 N–H and O–H groups in total. The first-order valence-electron chi connectivity index (χ1n) is 5.44. The van der Waals surface area contributed by atoms with Gasteiger partial charge in [0.15, 0.2) is 11.4 Å². The molecule has 0 aliphatic heterocycles. The van der Waals surface area contributed by atoms with E-state index in [-0.39, 0.29) is 5.52 Å². The second-order valence-electron chi connectivity index (χ2n) is 3.81. The van der Waals surface area contributed by atoms with Crippen molar-refractivity contribution >= 4 is 33.5 Å². The van der Waals surface area contributed by atoms with E-state index < -0.39 is 5.63 Å². The van der Waals surface area contributed by atoms with Crippen LogP contribution in [0.2, 0.25) is 5.02 Å². The maximum atomic E-state index is 11.7. The predicted octanol–water partition coefficient (Wildman–Crippen LogP) is 2.35. The molecule has 0 saturated heterocycles. The van der Waals surface area contributed by atoms with Gasteiger partial charge >= 0.3 is 5.63 Å². The lowest BCUT2D eigenvalue weighted by Gasteiger charge is -2.02. The third-order valence-corrected chi connectivity index (χ3v) is 2.87. The molecule has 0 unspecified atom stereocenters. The van der Waals surface area contributed by atoms with Crippen LogP contribution in [0.4, 0.5) is 0 Å². The van der Waals surface area contributed by atoms with Crippen molar-refractivity contribution < 1.29 is 4.42 Å². The average molecular weight is 262 g/mol. The van der Waals surface area contributed by atoms with Crippen LogP contribution in [0.25, 0.3) is 21.9 Å². The summed E-state index contributed by atoms with van der Waals surface area (Å²) in [5, 5.41) is 9.11. The molecule has 0 fully saturated rings. The van der Waals surface area contributed by atoms with Crippen LogP contribution < -0.4 is 5.63 Å². The molecule has 2 aromatic heterocycles. The summed E-state index contributed by atoms with van der Waals surface area (Å²) in [5.74, 6) is 0.386. The first kappa shape index (κ1) is 11.1. The molecule has 0 saturated carbocycles. The van der Waals surface area contributed by atoms with Crippen molar-refractivity contribution in [2.75, 3.05) is 0 Å². The second-order valence-corrected chi connectivity index (χ2v) is 4.24. The summed E-state index contributed by atoms with van der Waals surface area (Å²) in [6.07, 6.45) is 0.544. The molecule has 0 radical (unpaired) electrons. The van der Waals surface area contributed by atoms with Crippen LogP contribution in [0.1, 0.15) is 12.8 Å². The van der Waals surface area contributed by atoms with E-state index in [0.717, 1.165) is 5.39 Å². The number of aromatic nitrogens is 3. The molecule has 0 bridgehead atoms. The van der Waals surface area contributed by atoms with Gasteiger partial charge in [-0.05, 0) is 18.2 Å². The Morgan fingerprint density at radius 2 is 2.11 bits per heavy atom. The molecule has 0 amide bonds.